The monoisotopic (exact) mass is 300 g/mol. The summed E-state index contributed by atoms with van der Waals surface area (Å²) in [6.45, 7) is 1.77. The molecule has 0 spiro atoms. The predicted molar refractivity (Wildman–Crippen MR) is 89.6 cm³/mol. The summed E-state index contributed by atoms with van der Waals surface area (Å²) in [5, 5.41) is 2.41. The van der Waals surface area contributed by atoms with E-state index in [9.17, 15) is 0 Å². The number of ether oxygens (including phenoxy) is 2. The number of hydrogen-bond donors (Lipinski definition) is 1. The van der Waals surface area contributed by atoms with Gasteiger partial charge in [-0.25, -0.2) is 0 Å². The lowest BCUT2D eigenvalue weighted by Crippen LogP contribution is -2.21. The zero-order chi connectivity index (χ0) is 15.7. The molecule has 0 saturated carbocycles. The summed E-state index contributed by atoms with van der Waals surface area (Å²) >= 11 is 0. The standard InChI is InChI=1S/C18H24N2O2/c1-20-11-12(10-19)8-16(20)18-15-9-14(21-2)6-4-13(15)5-7-17(18)22-3/h4-7,9,12,16H,8,10-11,19H2,1-3H3. The van der Waals surface area contributed by atoms with Gasteiger partial charge in [-0.15, -0.1) is 0 Å². The highest BCUT2D eigenvalue weighted by Crippen LogP contribution is 2.42. The number of likely N-dealkylation sites (tertiary alicyclic amines) is 1. The first-order chi connectivity index (χ1) is 10.7. The van der Waals surface area contributed by atoms with Gasteiger partial charge in [0.2, 0.25) is 0 Å². The van der Waals surface area contributed by atoms with Crippen LogP contribution in [0.4, 0.5) is 0 Å². The van der Waals surface area contributed by atoms with E-state index in [1.165, 1.54) is 16.3 Å². The highest BCUT2D eigenvalue weighted by Gasteiger charge is 2.32. The molecule has 3 rings (SSSR count). The molecular weight excluding hydrogens is 276 g/mol. The van der Waals surface area contributed by atoms with Crippen LogP contribution in [0.2, 0.25) is 0 Å². The number of methoxy groups -OCH3 is 2. The molecule has 0 radical (unpaired) electrons. The number of rotatable bonds is 4. The summed E-state index contributed by atoms with van der Waals surface area (Å²) in [4.78, 5) is 2.38. The van der Waals surface area contributed by atoms with E-state index in [4.69, 9.17) is 15.2 Å². The van der Waals surface area contributed by atoms with Crippen molar-refractivity contribution in [3.63, 3.8) is 0 Å². The van der Waals surface area contributed by atoms with Crippen molar-refractivity contribution >= 4 is 10.8 Å². The number of fused-ring (bicyclic) bond motifs is 1. The summed E-state index contributed by atoms with van der Waals surface area (Å²) in [5.41, 5.74) is 7.13. The van der Waals surface area contributed by atoms with E-state index < -0.39 is 0 Å². The Kier molecular flexibility index (Phi) is 4.23. The van der Waals surface area contributed by atoms with Gasteiger partial charge in [-0.05, 0) is 54.9 Å². The molecule has 2 aromatic rings. The Bertz CT molecular complexity index is 666. The van der Waals surface area contributed by atoms with Crippen molar-refractivity contribution in [3.05, 3.63) is 35.9 Å². The Morgan fingerprint density at radius 3 is 2.59 bits per heavy atom. The van der Waals surface area contributed by atoms with E-state index in [1.54, 1.807) is 14.2 Å². The molecule has 1 aliphatic rings. The number of nitrogens with two attached hydrogens (primary N) is 1. The molecule has 2 unspecified atom stereocenters. The molecular formula is C18H24N2O2. The third kappa shape index (κ3) is 2.53. The van der Waals surface area contributed by atoms with Crippen LogP contribution in [-0.4, -0.2) is 39.3 Å². The highest BCUT2D eigenvalue weighted by atomic mass is 16.5. The molecule has 1 saturated heterocycles. The van der Waals surface area contributed by atoms with Crippen LogP contribution in [0.25, 0.3) is 10.8 Å². The second-order valence-corrected chi connectivity index (χ2v) is 6.06. The zero-order valence-corrected chi connectivity index (χ0v) is 13.5. The van der Waals surface area contributed by atoms with Crippen molar-refractivity contribution in [2.24, 2.45) is 11.7 Å². The molecule has 0 amide bonds. The van der Waals surface area contributed by atoms with Gasteiger partial charge in [-0.1, -0.05) is 12.1 Å². The highest BCUT2D eigenvalue weighted by molar-refractivity contribution is 5.89. The first kappa shape index (κ1) is 15.1. The fourth-order valence-corrected chi connectivity index (χ4v) is 3.56. The van der Waals surface area contributed by atoms with Crippen molar-refractivity contribution in [1.82, 2.24) is 4.90 Å². The summed E-state index contributed by atoms with van der Waals surface area (Å²) in [6.07, 6.45) is 1.07. The maximum Gasteiger partial charge on any atom is 0.124 e. The lowest BCUT2D eigenvalue weighted by atomic mass is 9.94. The SMILES string of the molecule is COc1ccc2ccc(OC)c(C3CC(CN)CN3C)c2c1. The maximum atomic E-state index is 5.89. The van der Waals surface area contributed by atoms with Crippen LogP contribution in [0, 0.1) is 5.92 Å². The van der Waals surface area contributed by atoms with Crippen LogP contribution >= 0.6 is 0 Å². The maximum absolute atomic E-state index is 5.89. The van der Waals surface area contributed by atoms with Gasteiger partial charge >= 0.3 is 0 Å². The Hall–Kier alpha value is -1.78. The number of hydrogen-bond acceptors (Lipinski definition) is 4. The Morgan fingerprint density at radius 2 is 1.95 bits per heavy atom. The Labute approximate surface area is 131 Å². The lowest BCUT2D eigenvalue weighted by molar-refractivity contribution is 0.305. The van der Waals surface area contributed by atoms with Crippen molar-refractivity contribution in [3.8, 4) is 11.5 Å². The predicted octanol–water partition coefficient (Wildman–Crippen LogP) is 2.81. The van der Waals surface area contributed by atoms with Crippen LogP contribution in [0.3, 0.4) is 0 Å². The minimum atomic E-state index is 0.333. The largest absolute Gasteiger partial charge is 0.497 e. The van der Waals surface area contributed by atoms with Crippen LogP contribution in [-0.2, 0) is 0 Å². The van der Waals surface area contributed by atoms with E-state index in [2.05, 4.69) is 36.2 Å². The summed E-state index contributed by atoms with van der Waals surface area (Å²) in [5.74, 6) is 2.36. The van der Waals surface area contributed by atoms with E-state index in [1.807, 2.05) is 6.07 Å². The molecule has 0 aromatic heterocycles. The van der Waals surface area contributed by atoms with E-state index in [-0.39, 0.29) is 0 Å². The van der Waals surface area contributed by atoms with E-state index >= 15 is 0 Å². The molecule has 1 fully saturated rings. The molecule has 1 aliphatic heterocycles. The van der Waals surface area contributed by atoms with Gasteiger partial charge in [0.05, 0.1) is 14.2 Å². The van der Waals surface area contributed by atoms with Crippen LogP contribution in [0.15, 0.2) is 30.3 Å². The average Bonchev–Trinajstić information content (AvgIpc) is 2.93. The fraction of sp³-hybridized carbons (Fsp3) is 0.444. The topological polar surface area (TPSA) is 47.7 Å². The third-order valence-electron chi connectivity index (χ3n) is 4.75. The minimum Gasteiger partial charge on any atom is -0.497 e. The van der Waals surface area contributed by atoms with E-state index in [0.717, 1.165) is 31.0 Å². The second kappa shape index (κ2) is 6.15. The molecule has 4 heteroatoms. The quantitative estimate of drug-likeness (QED) is 0.943. The average molecular weight is 300 g/mol. The molecule has 0 aliphatic carbocycles. The van der Waals surface area contributed by atoms with Gasteiger partial charge in [0.1, 0.15) is 11.5 Å². The molecule has 2 aromatic carbocycles. The molecule has 22 heavy (non-hydrogen) atoms. The van der Waals surface area contributed by atoms with Gasteiger partial charge in [-0.2, -0.15) is 0 Å². The van der Waals surface area contributed by atoms with E-state index in [0.29, 0.717) is 12.0 Å². The smallest absolute Gasteiger partial charge is 0.124 e. The number of nitrogens with zero attached hydrogens (tertiary/aromatic N) is 1. The summed E-state index contributed by atoms with van der Waals surface area (Å²) in [7, 11) is 5.60. The molecule has 2 atom stereocenters. The third-order valence-corrected chi connectivity index (χ3v) is 4.75. The Balaban J connectivity index is 2.17. The molecule has 118 valence electrons. The lowest BCUT2D eigenvalue weighted by Gasteiger charge is -2.24. The van der Waals surface area contributed by atoms with Crippen LogP contribution in [0.5, 0.6) is 11.5 Å². The van der Waals surface area contributed by atoms with Crippen LogP contribution in [0.1, 0.15) is 18.0 Å². The summed E-state index contributed by atoms with van der Waals surface area (Å²) in [6, 6.07) is 10.7. The normalized spacial score (nSPS) is 22.2. The van der Waals surface area contributed by atoms with Crippen LogP contribution < -0.4 is 15.2 Å². The first-order valence-electron chi connectivity index (χ1n) is 7.73. The van der Waals surface area contributed by atoms with Crippen molar-refractivity contribution in [2.75, 3.05) is 34.4 Å². The van der Waals surface area contributed by atoms with Crippen molar-refractivity contribution in [1.29, 1.82) is 0 Å². The Morgan fingerprint density at radius 1 is 1.18 bits per heavy atom. The van der Waals surface area contributed by atoms with Gasteiger partial charge < -0.3 is 15.2 Å². The first-order valence-corrected chi connectivity index (χ1v) is 7.73. The van der Waals surface area contributed by atoms with Gasteiger partial charge in [0.15, 0.2) is 0 Å². The minimum absolute atomic E-state index is 0.333. The van der Waals surface area contributed by atoms with Gasteiger partial charge in [0, 0.05) is 18.2 Å². The fourth-order valence-electron chi connectivity index (χ4n) is 3.56. The number of benzene rings is 2. The molecule has 1 heterocycles. The molecule has 0 bridgehead atoms. The van der Waals surface area contributed by atoms with Gasteiger partial charge in [-0.3, -0.25) is 4.90 Å². The van der Waals surface area contributed by atoms with Crippen molar-refractivity contribution < 1.29 is 9.47 Å². The van der Waals surface area contributed by atoms with Crippen molar-refractivity contribution in [2.45, 2.75) is 12.5 Å². The summed E-state index contributed by atoms with van der Waals surface area (Å²) < 4.78 is 11.1. The zero-order valence-electron chi connectivity index (χ0n) is 13.5. The molecule has 2 N–H and O–H groups in total. The molecule has 4 nitrogen and oxygen atoms in total. The van der Waals surface area contributed by atoms with Gasteiger partial charge in [0.25, 0.3) is 0 Å². The second-order valence-electron chi connectivity index (χ2n) is 6.06.